The lowest BCUT2D eigenvalue weighted by atomic mass is 9.84. The summed E-state index contributed by atoms with van der Waals surface area (Å²) in [6.07, 6.45) is 0.759. The van der Waals surface area contributed by atoms with Crippen molar-refractivity contribution in [3.63, 3.8) is 0 Å². The molecule has 1 aromatic heterocycles. The first-order valence-corrected chi connectivity index (χ1v) is 10.3. The van der Waals surface area contributed by atoms with E-state index in [1.165, 1.54) is 13.8 Å². The minimum atomic E-state index is -1.38. The van der Waals surface area contributed by atoms with Crippen LogP contribution in [0.5, 0.6) is 5.75 Å². The molecule has 1 aliphatic heterocycles. The molecule has 1 amide bonds. The molecule has 4 rings (SSSR count). The van der Waals surface area contributed by atoms with Gasteiger partial charge in [0.2, 0.25) is 0 Å². The van der Waals surface area contributed by atoms with Crippen molar-refractivity contribution in [2.45, 2.75) is 37.9 Å². The number of nitrogens with one attached hydrogen (secondary N) is 1. The number of benzene rings is 2. The van der Waals surface area contributed by atoms with Gasteiger partial charge in [-0.1, -0.05) is 30.3 Å². The molecule has 162 valence electrons. The number of hydrogen-bond donors (Lipinski definition) is 3. The van der Waals surface area contributed by atoms with Crippen molar-refractivity contribution in [3.8, 4) is 5.75 Å². The van der Waals surface area contributed by atoms with Crippen molar-refractivity contribution in [2.24, 2.45) is 0 Å². The molecule has 3 N–H and O–H groups in total. The lowest BCUT2D eigenvalue weighted by molar-refractivity contribution is -0.152. The Bertz CT molecular complexity index is 1090. The molecule has 7 heteroatoms. The third-order valence-corrected chi connectivity index (χ3v) is 5.90. The summed E-state index contributed by atoms with van der Waals surface area (Å²) in [5, 5.41) is 21.5. The first kappa shape index (κ1) is 20.9. The van der Waals surface area contributed by atoms with Gasteiger partial charge in [0.25, 0.3) is 5.91 Å². The Kier molecular flexibility index (Phi) is 5.23. The van der Waals surface area contributed by atoms with Gasteiger partial charge in [0.05, 0.1) is 5.60 Å². The van der Waals surface area contributed by atoms with E-state index in [2.05, 4.69) is 4.98 Å². The minimum absolute atomic E-state index is 0.0847. The summed E-state index contributed by atoms with van der Waals surface area (Å²) in [4.78, 5) is 29.2. The van der Waals surface area contributed by atoms with E-state index in [0.717, 1.165) is 10.9 Å². The Labute approximate surface area is 180 Å². The number of nitrogens with zero attached hydrogens (tertiary/aromatic N) is 1. The molecule has 7 nitrogen and oxygen atoms in total. The molecule has 1 fully saturated rings. The standard InChI is InChI=1S/C24H26N2O5/c1-23(2,22(28)29)31-18-8-5-7-17(15-18)24(30)10-12-26(13-11-24)21(27)20-14-16-6-3-4-9-19(16)25-20/h3-9,14-15,25,30H,10-13H2,1-2H3,(H,28,29). The van der Waals surface area contributed by atoms with Crippen molar-refractivity contribution in [1.29, 1.82) is 0 Å². The van der Waals surface area contributed by atoms with E-state index in [-0.39, 0.29) is 5.91 Å². The quantitative estimate of drug-likeness (QED) is 0.584. The number of likely N-dealkylation sites (tertiary alicyclic amines) is 1. The number of carbonyl (C=O) groups is 2. The van der Waals surface area contributed by atoms with Crippen LogP contribution >= 0.6 is 0 Å². The topological polar surface area (TPSA) is 103 Å². The summed E-state index contributed by atoms with van der Waals surface area (Å²) in [7, 11) is 0. The largest absolute Gasteiger partial charge is 0.478 e. The van der Waals surface area contributed by atoms with Gasteiger partial charge in [-0.2, -0.15) is 0 Å². The number of hydrogen-bond acceptors (Lipinski definition) is 4. The van der Waals surface area contributed by atoms with E-state index in [0.29, 0.717) is 42.9 Å². The summed E-state index contributed by atoms with van der Waals surface area (Å²) in [6.45, 7) is 3.78. The van der Waals surface area contributed by atoms with Gasteiger partial charge in [-0.3, -0.25) is 4.79 Å². The summed E-state index contributed by atoms with van der Waals surface area (Å²) in [5.41, 5.74) is -0.372. The van der Waals surface area contributed by atoms with Gasteiger partial charge in [0, 0.05) is 24.0 Å². The Morgan fingerprint density at radius 3 is 2.45 bits per heavy atom. The zero-order chi connectivity index (χ0) is 22.2. The number of para-hydroxylation sites is 1. The fraction of sp³-hybridized carbons (Fsp3) is 0.333. The second-order valence-electron chi connectivity index (χ2n) is 8.54. The predicted molar refractivity (Wildman–Crippen MR) is 116 cm³/mol. The first-order chi connectivity index (χ1) is 14.7. The van der Waals surface area contributed by atoms with Gasteiger partial charge in [0.1, 0.15) is 11.4 Å². The second kappa shape index (κ2) is 7.74. The first-order valence-electron chi connectivity index (χ1n) is 10.3. The number of amides is 1. The van der Waals surface area contributed by atoms with Gasteiger partial charge in [-0.05, 0) is 56.5 Å². The van der Waals surface area contributed by atoms with Gasteiger partial charge < -0.3 is 24.8 Å². The number of aliphatic carboxylic acids is 1. The third-order valence-electron chi connectivity index (χ3n) is 5.90. The molecule has 0 bridgehead atoms. The average molecular weight is 422 g/mol. The van der Waals surface area contributed by atoms with E-state index in [1.807, 2.05) is 30.3 Å². The number of rotatable bonds is 5. The Balaban J connectivity index is 1.46. The number of ether oxygens (including phenoxy) is 1. The molecule has 3 aromatic rings. The molecule has 0 saturated carbocycles. The van der Waals surface area contributed by atoms with Crippen LogP contribution in [0.1, 0.15) is 42.7 Å². The number of fused-ring (bicyclic) bond motifs is 1. The zero-order valence-electron chi connectivity index (χ0n) is 17.6. The Morgan fingerprint density at radius 2 is 1.77 bits per heavy atom. The number of H-pyrrole nitrogens is 1. The van der Waals surface area contributed by atoms with Crippen LogP contribution in [0.2, 0.25) is 0 Å². The number of piperidine rings is 1. The molecule has 2 heterocycles. The van der Waals surface area contributed by atoms with Crippen LogP contribution in [-0.4, -0.2) is 50.7 Å². The highest BCUT2D eigenvalue weighted by atomic mass is 16.5. The molecule has 2 aromatic carbocycles. The zero-order valence-corrected chi connectivity index (χ0v) is 17.6. The van der Waals surface area contributed by atoms with Crippen LogP contribution in [0.25, 0.3) is 10.9 Å². The SMILES string of the molecule is CC(C)(Oc1cccc(C2(O)CCN(C(=O)c3cc4ccccc4[nH]3)CC2)c1)C(=O)O. The molecule has 0 atom stereocenters. The van der Waals surface area contributed by atoms with E-state index in [9.17, 15) is 19.8 Å². The number of aliphatic hydroxyl groups is 1. The maximum absolute atomic E-state index is 12.9. The summed E-state index contributed by atoms with van der Waals surface area (Å²) < 4.78 is 5.61. The Morgan fingerprint density at radius 1 is 1.06 bits per heavy atom. The Hall–Kier alpha value is -3.32. The third kappa shape index (κ3) is 4.14. The molecule has 1 saturated heterocycles. The van der Waals surface area contributed by atoms with E-state index >= 15 is 0 Å². The molecule has 0 unspecified atom stereocenters. The van der Waals surface area contributed by atoms with Crippen LogP contribution < -0.4 is 4.74 Å². The maximum atomic E-state index is 12.9. The van der Waals surface area contributed by atoms with E-state index in [4.69, 9.17) is 4.74 Å². The molecule has 1 aliphatic rings. The van der Waals surface area contributed by atoms with Gasteiger partial charge in [0.15, 0.2) is 5.60 Å². The second-order valence-corrected chi connectivity index (χ2v) is 8.54. The van der Waals surface area contributed by atoms with Crippen molar-refractivity contribution in [3.05, 3.63) is 65.9 Å². The number of carboxylic acid groups (broad SMARTS) is 1. The van der Waals surface area contributed by atoms with Crippen molar-refractivity contribution in [1.82, 2.24) is 9.88 Å². The smallest absolute Gasteiger partial charge is 0.347 e. The van der Waals surface area contributed by atoms with Gasteiger partial charge in [-0.15, -0.1) is 0 Å². The monoisotopic (exact) mass is 422 g/mol. The summed E-state index contributed by atoms with van der Waals surface area (Å²) in [6, 6.07) is 16.5. The van der Waals surface area contributed by atoms with E-state index < -0.39 is 17.2 Å². The van der Waals surface area contributed by atoms with Crippen LogP contribution in [0.4, 0.5) is 0 Å². The fourth-order valence-corrected chi connectivity index (χ4v) is 3.91. The van der Waals surface area contributed by atoms with Crippen LogP contribution in [0, 0.1) is 0 Å². The van der Waals surface area contributed by atoms with Crippen LogP contribution in [-0.2, 0) is 10.4 Å². The molecular weight excluding hydrogens is 396 g/mol. The lowest BCUT2D eigenvalue weighted by Gasteiger charge is -2.38. The average Bonchev–Trinajstić information content (AvgIpc) is 3.18. The molecule has 0 radical (unpaired) electrons. The fourth-order valence-electron chi connectivity index (χ4n) is 3.91. The van der Waals surface area contributed by atoms with Crippen LogP contribution in [0.3, 0.4) is 0 Å². The lowest BCUT2D eigenvalue weighted by Crippen LogP contribution is -2.45. The molecule has 31 heavy (non-hydrogen) atoms. The molecule has 0 spiro atoms. The van der Waals surface area contributed by atoms with Crippen molar-refractivity contribution < 1.29 is 24.5 Å². The highest BCUT2D eigenvalue weighted by molar-refractivity contribution is 5.98. The van der Waals surface area contributed by atoms with Gasteiger partial charge in [-0.25, -0.2) is 4.79 Å². The van der Waals surface area contributed by atoms with Crippen LogP contribution in [0.15, 0.2) is 54.6 Å². The summed E-state index contributed by atoms with van der Waals surface area (Å²) >= 11 is 0. The number of aromatic amines is 1. The summed E-state index contributed by atoms with van der Waals surface area (Å²) in [5.74, 6) is -0.770. The number of carboxylic acids is 1. The molecule has 0 aliphatic carbocycles. The normalized spacial score (nSPS) is 16.3. The van der Waals surface area contributed by atoms with Crippen molar-refractivity contribution in [2.75, 3.05) is 13.1 Å². The molecular formula is C24H26N2O5. The highest BCUT2D eigenvalue weighted by Crippen LogP contribution is 2.35. The number of aromatic nitrogens is 1. The van der Waals surface area contributed by atoms with Gasteiger partial charge >= 0.3 is 5.97 Å². The van der Waals surface area contributed by atoms with Crippen molar-refractivity contribution >= 4 is 22.8 Å². The maximum Gasteiger partial charge on any atom is 0.347 e. The number of carbonyl (C=O) groups excluding carboxylic acids is 1. The van der Waals surface area contributed by atoms with E-state index in [1.54, 1.807) is 29.2 Å². The predicted octanol–water partition coefficient (Wildman–Crippen LogP) is 3.53. The minimum Gasteiger partial charge on any atom is -0.478 e. The highest BCUT2D eigenvalue weighted by Gasteiger charge is 2.37.